The standard InChI is InChI=1S/C14H13BF2O3S/c1-20-10-2-4-12(15(18)19)9(6-10)8-21-11-3-5-13(16)14(17)7-11/h2-7,18-19H,8H2,1H3. The molecule has 2 aromatic rings. The van der Waals surface area contributed by atoms with Crippen molar-refractivity contribution in [3.63, 3.8) is 0 Å². The van der Waals surface area contributed by atoms with Crippen LogP contribution in [0.4, 0.5) is 8.78 Å². The predicted octanol–water partition coefficient (Wildman–Crippen LogP) is 1.95. The zero-order valence-corrected chi connectivity index (χ0v) is 12.0. The first-order chi connectivity index (χ1) is 10.0. The SMILES string of the molecule is COc1ccc(B(O)O)c(CSc2ccc(F)c(F)c2)c1. The van der Waals surface area contributed by atoms with E-state index in [1.54, 1.807) is 18.2 Å². The third-order valence-electron chi connectivity index (χ3n) is 2.91. The zero-order chi connectivity index (χ0) is 15.4. The Morgan fingerprint density at radius 2 is 1.86 bits per heavy atom. The van der Waals surface area contributed by atoms with E-state index in [0.29, 0.717) is 27.4 Å². The van der Waals surface area contributed by atoms with Crippen LogP contribution in [0.1, 0.15) is 5.56 Å². The van der Waals surface area contributed by atoms with Crippen molar-refractivity contribution in [2.45, 2.75) is 10.6 Å². The number of benzene rings is 2. The third-order valence-corrected chi connectivity index (χ3v) is 3.96. The van der Waals surface area contributed by atoms with Crippen molar-refractivity contribution in [3.8, 4) is 5.75 Å². The molecule has 0 radical (unpaired) electrons. The maximum Gasteiger partial charge on any atom is 0.488 e. The fraction of sp³-hybridized carbons (Fsp3) is 0.143. The molecule has 2 N–H and O–H groups in total. The molecule has 0 heterocycles. The van der Waals surface area contributed by atoms with Crippen LogP contribution >= 0.6 is 11.8 Å². The van der Waals surface area contributed by atoms with Crippen molar-refractivity contribution in [2.24, 2.45) is 0 Å². The van der Waals surface area contributed by atoms with Crippen molar-refractivity contribution in [1.82, 2.24) is 0 Å². The zero-order valence-electron chi connectivity index (χ0n) is 11.2. The van der Waals surface area contributed by atoms with Crippen molar-refractivity contribution in [2.75, 3.05) is 7.11 Å². The van der Waals surface area contributed by atoms with Crippen LogP contribution in [0.5, 0.6) is 5.75 Å². The van der Waals surface area contributed by atoms with E-state index in [-0.39, 0.29) is 0 Å². The molecule has 21 heavy (non-hydrogen) atoms. The molecule has 110 valence electrons. The van der Waals surface area contributed by atoms with Crippen LogP contribution in [-0.4, -0.2) is 24.3 Å². The average Bonchev–Trinajstić information content (AvgIpc) is 2.48. The lowest BCUT2D eigenvalue weighted by atomic mass is 9.77. The van der Waals surface area contributed by atoms with Gasteiger partial charge in [-0.25, -0.2) is 8.78 Å². The van der Waals surface area contributed by atoms with Crippen LogP contribution in [0.25, 0.3) is 0 Å². The monoisotopic (exact) mass is 310 g/mol. The van der Waals surface area contributed by atoms with Gasteiger partial charge in [0.25, 0.3) is 0 Å². The van der Waals surface area contributed by atoms with Crippen LogP contribution in [0.15, 0.2) is 41.3 Å². The molecular weight excluding hydrogens is 297 g/mol. The molecule has 0 aromatic heterocycles. The smallest absolute Gasteiger partial charge is 0.488 e. The molecule has 0 unspecified atom stereocenters. The van der Waals surface area contributed by atoms with Gasteiger partial charge in [-0.2, -0.15) is 0 Å². The highest BCUT2D eigenvalue weighted by Gasteiger charge is 2.17. The lowest BCUT2D eigenvalue weighted by molar-refractivity contribution is 0.413. The predicted molar refractivity (Wildman–Crippen MR) is 78.7 cm³/mol. The molecule has 7 heteroatoms. The van der Waals surface area contributed by atoms with E-state index in [0.717, 1.165) is 12.1 Å². The second kappa shape index (κ2) is 6.93. The number of halogens is 2. The first-order valence-electron chi connectivity index (χ1n) is 6.12. The molecule has 3 nitrogen and oxygen atoms in total. The summed E-state index contributed by atoms with van der Waals surface area (Å²) in [5, 5.41) is 18.7. The highest BCUT2D eigenvalue weighted by atomic mass is 32.2. The van der Waals surface area contributed by atoms with Gasteiger partial charge in [-0.05, 0) is 41.4 Å². The normalized spacial score (nSPS) is 10.5. The van der Waals surface area contributed by atoms with Gasteiger partial charge in [0.2, 0.25) is 0 Å². The molecule has 2 aromatic carbocycles. The molecule has 0 amide bonds. The molecule has 0 saturated carbocycles. The molecule has 0 atom stereocenters. The van der Waals surface area contributed by atoms with Crippen molar-refractivity contribution >= 4 is 24.3 Å². The van der Waals surface area contributed by atoms with Gasteiger partial charge in [-0.15, -0.1) is 11.8 Å². The van der Waals surface area contributed by atoms with Crippen molar-refractivity contribution < 1.29 is 23.6 Å². The Kier molecular flexibility index (Phi) is 5.22. The highest BCUT2D eigenvalue weighted by molar-refractivity contribution is 7.98. The van der Waals surface area contributed by atoms with Gasteiger partial charge < -0.3 is 14.8 Å². The Bertz CT molecular complexity index is 638. The van der Waals surface area contributed by atoms with Crippen LogP contribution in [0.2, 0.25) is 0 Å². The lowest BCUT2D eigenvalue weighted by Gasteiger charge is -2.11. The van der Waals surface area contributed by atoms with E-state index in [1.165, 1.54) is 24.9 Å². The summed E-state index contributed by atoms with van der Waals surface area (Å²) < 4.78 is 31.1. The van der Waals surface area contributed by atoms with E-state index in [9.17, 15) is 18.8 Å². The summed E-state index contributed by atoms with van der Waals surface area (Å²) in [6.07, 6.45) is 0. The minimum Gasteiger partial charge on any atom is -0.497 e. The molecular formula is C14H13BF2O3S. The minimum absolute atomic E-state index is 0.353. The fourth-order valence-electron chi connectivity index (χ4n) is 1.81. The minimum atomic E-state index is -1.60. The summed E-state index contributed by atoms with van der Waals surface area (Å²) in [7, 11) is -0.0899. The summed E-state index contributed by atoms with van der Waals surface area (Å²) in [6, 6.07) is 8.51. The first kappa shape index (κ1) is 15.8. The maximum atomic E-state index is 13.1. The Balaban J connectivity index is 2.19. The number of ether oxygens (including phenoxy) is 1. The number of hydrogen-bond donors (Lipinski definition) is 2. The van der Waals surface area contributed by atoms with Gasteiger partial charge >= 0.3 is 7.12 Å². The Labute approximate surface area is 125 Å². The van der Waals surface area contributed by atoms with Gasteiger partial charge in [0.1, 0.15) is 5.75 Å². The Morgan fingerprint density at radius 3 is 2.48 bits per heavy atom. The number of rotatable bonds is 5. The third kappa shape index (κ3) is 3.97. The summed E-state index contributed by atoms with van der Waals surface area (Å²) in [6.45, 7) is 0. The fourth-order valence-corrected chi connectivity index (χ4v) is 2.74. The Morgan fingerprint density at radius 1 is 1.10 bits per heavy atom. The quantitative estimate of drug-likeness (QED) is 0.655. The number of hydrogen-bond acceptors (Lipinski definition) is 4. The molecule has 0 aliphatic heterocycles. The van der Waals surface area contributed by atoms with Crippen LogP contribution in [-0.2, 0) is 5.75 Å². The summed E-state index contributed by atoms with van der Waals surface area (Å²) in [5.74, 6) is -0.851. The van der Waals surface area contributed by atoms with Crippen LogP contribution in [0, 0.1) is 11.6 Å². The second-order valence-corrected chi connectivity index (χ2v) is 5.35. The Hall–Kier alpha value is -1.57. The number of thioether (sulfide) groups is 1. The van der Waals surface area contributed by atoms with E-state index in [4.69, 9.17) is 4.74 Å². The molecule has 2 rings (SSSR count). The number of methoxy groups -OCH3 is 1. The lowest BCUT2D eigenvalue weighted by Crippen LogP contribution is -2.32. The molecule has 0 aliphatic carbocycles. The summed E-state index contributed by atoms with van der Waals surface area (Å²) >= 11 is 1.26. The molecule has 0 fully saturated rings. The van der Waals surface area contributed by atoms with Gasteiger partial charge in [0.05, 0.1) is 7.11 Å². The molecule has 0 aliphatic rings. The molecule has 0 spiro atoms. The molecule has 0 bridgehead atoms. The van der Waals surface area contributed by atoms with Gasteiger partial charge in [0.15, 0.2) is 11.6 Å². The van der Waals surface area contributed by atoms with Gasteiger partial charge in [0, 0.05) is 10.6 Å². The van der Waals surface area contributed by atoms with Gasteiger partial charge in [-0.1, -0.05) is 6.07 Å². The second-order valence-electron chi connectivity index (χ2n) is 4.30. The van der Waals surface area contributed by atoms with Crippen molar-refractivity contribution in [3.05, 3.63) is 53.6 Å². The molecule has 0 saturated heterocycles. The van der Waals surface area contributed by atoms with E-state index in [1.807, 2.05) is 0 Å². The topological polar surface area (TPSA) is 49.7 Å². The van der Waals surface area contributed by atoms with E-state index in [2.05, 4.69) is 0 Å². The summed E-state index contributed by atoms with van der Waals surface area (Å²) in [5.41, 5.74) is 1.00. The highest BCUT2D eigenvalue weighted by Crippen LogP contribution is 2.25. The summed E-state index contributed by atoms with van der Waals surface area (Å²) in [4.78, 5) is 0.551. The van der Waals surface area contributed by atoms with Crippen molar-refractivity contribution in [1.29, 1.82) is 0 Å². The maximum absolute atomic E-state index is 13.1. The average molecular weight is 310 g/mol. The van der Waals surface area contributed by atoms with Crippen LogP contribution in [0.3, 0.4) is 0 Å². The first-order valence-corrected chi connectivity index (χ1v) is 7.10. The van der Waals surface area contributed by atoms with E-state index < -0.39 is 18.8 Å². The largest absolute Gasteiger partial charge is 0.497 e. The van der Waals surface area contributed by atoms with Crippen LogP contribution < -0.4 is 10.2 Å². The van der Waals surface area contributed by atoms with Gasteiger partial charge in [-0.3, -0.25) is 0 Å². The van der Waals surface area contributed by atoms with E-state index >= 15 is 0 Å².